The molecule has 19 heavy (non-hydrogen) atoms. The summed E-state index contributed by atoms with van der Waals surface area (Å²) in [7, 11) is -2.96. The van der Waals surface area contributed by atoms with Crippen molar-refractivity contribution in [1.82, 2.24) is 4.31 Å². The van der Waals surface area contributed by atoms with Crippen LogP contribution >= 0.6 is 0 Å². The van der Waals surface area contributed by atoms with Crippen molar-refractivity contribution in [2.75, 3.05) is 24.9 Å². The van der Waals surface area contributed by atoms with Gasteiger partial charge >= 0.3 is 10.2 Å². The quantitative estimate of drug-likeness (QED) is 0.772. The van der Waals surface area contributed by atoms with Gasteiger partial charge < -0.3 is 5.11 Å². The van der Waals surface area contributed by atoms with Gasteiger partial charge in [-0.25, -0.2) is 13.2 Å². The molecular formula is C10H13F3N2O3S. The van der Waals surface area contributed by atoms with Gasteiger partial charge in [0.15, 0.2) is 11.6 Å². The Bertz CT molecular complexity index is 551. The fourth-order valence-electron chi connectivity index (χ4n) is 1.26. The second kappa shape index (κ2) is 6.22. The molecule has 0 aliphatic heterocycles. The third-order valence-corrected chi connectivity index (χ3v) is 3.75. The lowest BCUT2D eigenvalue weighted by molar-refractivity contribution is 0.276. The molecule has 0 radical (unpaired) electrons. The molecule has 0 aliphatic carbocycles. The summed E-state index contributed by atoms with van der Waals surface area (Å²) in [6, 6.07) is 0.846. The lowest BCUT2D eigenvalue weighted by Gasteiger charge is -2.18. The number of hydrogen-bond donors (Lipinski definition) is 2. The minimum absolute atomic E-state index is 0.0226. The second-order valence-corrected chi connectivity index (χ2v) is 5.53. The van der Waals surface area contributed by atoms with Crippen LogP contribution in [0.3, 0.4) is 0 Å². The highest BCUT2D eigenvalue weighted by Crippen LogP contribution is 2.20. The summed E-state index contributed by atoms with van der Waals surface area (Å²) in [5.74, 6) is -4.08. The van der Waals surface area contributed by atoms with Crippen LogP contribution in [-0.2, 0) is 10.2 Å². The number of hydrogen-bond acceptors (Lipinski definition) is 3. The number of anilines is 1. The van der Waals surface area contributed by atoms with Gasteiger partial charge in [0.25, 0.3) is 0 Å². The van der Waals surface area contributed by atoms with Gasteiger partial charge in [-0.15, -0.1) is 0 Å². The van der Waals surface area contributed by atoms with E-state index in [1.807, 2.05) is 0 Å². The molecule has 9 heteroatoms. The van der Waals surface area contributed by atoms with Crippen LogP contribution in [-0.4, -0.2) is 38.0 Å². The molecule has 5 nitrogen and oxygen atoms in total. The molecule has 0 saturated heterocycles. The smallest absolute Gasteiger partial charge is 0.301 e. The average molecular weight is 298 g/mol. The van der Waals surface area contributed by atoms with E-state index in [4.69, 9.17) is 5.11 Å². The van der Waals surface area contributed by atoms with Crippen LogP contribution in [0.1, 0.15) is 6.42 Å². The zero-order valence-electron chi connectivity index (χ0n) is 10.0. The Labute approximate surface area is 108 Å². The monoisotopic (exact) mass is 298 g/mol. The highest BCUT2D eigenvalue weighted by atomic mass is 32.2. The molecule has 0 aromatic heterocycles. The first kappa shape index (κ1) is 15.7. The summed E-state index contributed by atoms with van der Waals surface area (Å²) in [5, 5.41) is 8.59. The van der Waals surface area contributed by atoms with Crippen molar-refractivity contribution < 1.29 is 26.7 Å². The van der Waals surface area contributed by atoms with E-state index in [1.165, 1.54) is 7.05 Å². The van der Waals surface area contributed by atoms with Crippen LogP contribution in [0.4, 0.5) is 18.9 Å². The van der Waals surface area contributed by atoms with E-state index in [1.54, 1.807) is 4.72 Å². The molecule has 108 valence electrons. The van der Waals surface area contributed by atoms with Crippen molar-refractivity contribution >= 4 is 15.9 Å². The van der Waals surface area contributed by atoms with Crippen molar-refractivity contribution in [2.24, 2.45) is 0 Å². The average Bonchev–Trinajstić information content (AvgIpc) is 2.31. The van der Waals surface area contributed by atoms with Gasteiger partial charge in [0.1, 0.15) is 5.82 Å². The molecule has 1 aromatic carbocycles. The second-order valence-electron chi connectivity index (χ2n) is 3.75. The molecule has 0 fully saturated rings. The predicted octanol–water partition coefficient (Wildman–Crippen LogP) is 1.07. The van der Waals surface area contributed by atoms with Crippen molar-refractivity contribution in [1.29, 1.82) is 0 Å². The summed E-state index contributed by atoms with van der Waals surface area (Å²) in [5.41, 5.74) is -0.812. The molecule has 0 aliphatic rings. The zero-order chi connectivity index (χ0) is 14.6. The Morgan fingerprint density at radius 2 is 1.95 bits per heavy atom. The van der Waals surface area contributed by atoms with Gasteiger partial charge in [-0.2, -0.15) is 12.7 Å². The van der Waals surface area contributed by atoms with Crippen molar-refractivity contribution in [2.45, 2.75) is 6.42 Å². The molecular weight excluding hydrogens is 285 g/mol. The van der Waals surface area contributed by atoms with E-state index in [0.29, 0.717) is 12.1 Å². The lowest BCUT2D eigenvalue weighted by atomic mass is 10.3. The minimum atomic E-state index is -4.14. The number of halogens is 3. The molecule has 0 atom stereocenters. The van der Waals surface area contributed by atoms with E-state index in [2.05, 4.69) is 0 Å². The largest absolute Gasteiger partial charge is 0.396 e. The molecule has 0 saturated carbocycles. The Morgan fingerprint density at radius 1 is 1.32 bits per heavy atom. The first-order valence-electron chi connectivity index (χ1n) is 5.27. The van der Waals surface area contributed by atoms with Gasteiger partial charge in [-0.3, -0.25) is 4.72 Å². The zero-order valence-corrected chi connectivity index (χ0v) is 10.8. The molecule has 2 N–H and O–H groups in total. The molecule has 1 aromatic rings. The maximum absolute atomic E-state index is 13.3. The van der Waals surface area contributed by atoms with Crippen molar-refractivity contribution in [3.8, 4) is 0 Å². The van der Waals surface area contributed by atoms with Gasteiger partial charge in [0.2, 0.25) is 0 Å². The Balaban J connectivity index is 2.95. The summed E-state index contributed by atoms with van der Waals surface area (Å²) >= 11 is 0. The maximum atomic E-state index is 13.3. The first-order valence-corrected chi connectivity index (χ1v) is 6.71. The van der Waals surface area contributed by atoms with Gasteiger partial charge in [-0.05, 0) is 6.42 Å². The Kier molecular flexibility index (Phi) is 5.15. The normalized spacial score (nSPS) is 11.9. The maximum Gasteiger partial charge on any atom is 0.301 e. The highest BCUT2D eigenvalue weighted by molar-refractivity contribution is 7.90. The standard InChI is InChI=1S/C10H13F3N2O3S/c1-15(3-2-4-16)19(17,18)14-9-6-7(11)5-8(12)10(9)13/h5-6,14,16H,2-4H2,1H3. The third kappa shape index (κ3) is 4.08. The van der Waals surface area contributed by atoms with Crippen LogP contribution in [0.15, 0.2) is 12.1 Å². The predicted molar refractivity (Wildman–Crippen MR) is 63.2 cm³/mol. The van der Waals surface area contributed by atoms with Crippen LogP contribution in [0, 0.1) is 17.5 Å². The molecule has 0 amide bonds. The summed E-state index contributed by atoms with van der Waals surface area (Å²) in [6.45, 7) is -0.242. The van der Waals surface area contributed by atoms with Gasteiger partial charge in [0.05, 0.1) is 5.69 Å². The summed E-state index contributed by atoms with van der Waals surface area (Å²) in [4.78, 5) is 0. The number of rotatable bonds is 6. The Morgan fingerprint density at radius 3 is 2.53 bits per heavy atom. The number of nitrogens with zero attached hydrogens (tertiary/aromatic N) is 1. The fourth-order valence-corrected chi connectivity index (χ4v) is 2.21. The van der Waals surface area contributed by atoms with E-state index in [-0.39, 0.29) is 19.6 Å². The van der Waals surface area contributed by atoms with Crippen LogP contribution in [0.25, 0.3) is 0 Å². The number of benzene rings is 1. The molecule has 0 heterocycles. The Hall–Kier alpha value is -1.32. The number of nitrogens with one attached hydrogen (secondary N) is 1. The van der Waals surface area contributed by atoms with Gasteiger partial charge in [-0.1, -0.05) is 0 Å². The third-order valence-electron chi connectivity index (χ3n) is 2.27. The van der Waals surface area contributed by atoms with E-state index >= 15 is 0 Å². The van der Waals surface area contributed by atoms with Crippen molar-refractivity contribution in [3.05, 3.63) is 29.6 Å². The number of aliphatic hydroxyl groups is 1. The van der Waals surface area contributed by atoms with Crippen LogP contribution in [0.5, 0.6) is 0 Å². The molecule has 0 spiro atoms. The fraction of sp³-hybridized carbons (Fsp3) is 0.400. The van der Waals surface area contributed by atoms with Gasteiger partial charge in [0, 0.05) is 32.3 Å². The van der Waals surface area contributed by atoms with E-state index in [9.17, 15) is 21.6 Å². The number of aliphatic hydroxyl groups excluding tert-OH is 1. The molecule has 1 rings (SSSR count). The van der Waals surface area contributed by atoms with Crippen molar-refractivity contribution in [3.63, 3.8) is 0 Å². The minimum Gasteiger partial charge on any atom is -0.396 e. The highest BCUT2D eigenvalue weighted by Gasteiger charge is 2.21. The molecule has 0 bridgehead atoms. The van der Waals surface area contributed by atoms with E-state index < -0.39 is 33.3 Å². The van der Waals surface area contributed by atoms with E-state index in [0.717, 1.165) is 4.31 Å². The molecule has 0 unspecified atom stereocenters. The topological polar surface area (TPSA) is 69.6 Å². The summed E-state index contributed by atoms with van der Waals surface area (Å²) < 4.78 is 65.1. The van der Waals surface area contributed by atoms with Crippen LogP contribution in [0.2, 0.25) is 0 Å². The van der Waals surface area contributed by atoms with Crippen LogP contribution < -0.4 is 4.72 Å². The summed E-state index contributed by atoms with van der Waals surface area (Å²) in [6.07, 6.45) is 0.178. The SMILES string of the molecule is CN(CCCO)S(=O)(=O)Nc1cc(F)cc(F)c1F. The lowest BCUT2D eigenvalue weighted by Crippen LogP contribution is -2.34. The first-order chi connectivity index (χ1) is 8.77.